The van der Waals surface area contributed by atoms with Crippen LogP contribution >= 0.6 is 0 Å². The van der Waals surface area contributed by atoms with Crippen molar-refractivity contribution in [1.82, 2.24) is 15.1 Å². The van der Waals surface area contributed by atoms with Crippen molar-refractivity contribution in [2.45, 2.75) is 53.0 Å². The summed E-state index contributed by atoms with van der Waals surface area (Å²) in [4.78, 5) is 0. The molecule has 0 fully saturated rings. The largest absolute Gasteiger partial charge is 0.352 e. The molecule has 0 aromatic carbocycles. The fourth-order valence-corrected chi connectivity index (χ4v) is 1.69. The summed E-state index contributed by atoms with van der Waals surface area (Å²) < 4.78 is 12.9. The highest BCUT2D eigenvalue weighted by Gasteiger charge is 2.14. The molecule has 5 nitrogen and oxygen atoms in total. The Labute approximate surface area is 116 Å². The van der Waals surface area contributed by atoms with Crippen LogP contribution in [0.4, 0.5) is 0 Å². The topological polar surface area (TPSA) is 48.3 Å². The Kier molecular flexibility index (Phi) is 6.48. The number of ether oxygens (including phenoxy) is 2. The van der Waals surface area contributed by atoms with E-state index < -0.39 is 0 Å². The zero-order chi connectivity index (χ0) is 14.3. The molecule has 0 unspecified atom stereocenters. The van der Waals surface area contributed by atoms with Crippen LogP contribution in [-0.2, 0) is 21.6 Å². The molecule has 0 amide bonds. The molecule has 1 aromatic heterocycles. The van der Waals surface area contributed by atoms with Crippen LogP contribution in [0, 0.1) is 0 Å². The second-order valence-corrected chi connectivity index (χ2v) is 5.44. The van der Waals surface area contributed by atoms with Gasteiger partial charge in [0.1, 0.15) is 0 Å². The molecule has 1 aromatic rings. The third-order valence-electron chi connectivity index (χ3n) is 2.67. The second kappa shape index (κ2) is 7.62. The lowest BCUT2D eigenvalue weighted by atomic mass is 10.1. The first-order valence-corrected chi connectivity index (χ1v) is 6.95. The predicted molar refractivity (Wildman–Crippen MR) is 76.0 cm³/mol. The van der Waals surface area contributed by atoms with Crippen molar-refractivity contribution < 1.29 is 9.47 Å². The predicted octanol–water partition coefficient (Wildman–Crippen LogP) is 2.13. The molecule has 0 spiro atoms. The number of hydrogen-bond acceptors (Lipinski definition) is 4. The van der Waals surface area contributed by atoms with Crippen molar-refractivity contribution >= 4 is 0 Å². The SMILES string of the molecule is CCOC(CNCc1cnn(C(C)(C)C)c1)OCC. The maximum Gasteiger partial charge on any atom is 0.169 e. The number of nitrogens with one attached hydrogen (secondary N) is 1. The fourth-order valence-electron chi connectivity index (χ4n) is 1.69. The average Bonchev–Trinajstić information content (AvgIpc) is 2.78. The van der Waals surface area contributed by atoms with Crippen LogP contribution in [0.25, 0.3) is 0 Å². The third-order valence-corrected chi connectivity index (χ3v) is 2.67. The van der Waals surface area contributed by atoms with Gasteiger partial charge in [-0.15, -0.1) is 0 Å². The molecule has 1 N–H and O–H groups in total. The van der Waals surface area contributed by atoms with Crippen LogP contribution in [0.2, 0.25) is 0 Å². The molecule has 0 saturated carbocycles. The Morgan fingerprint density at radius 2 is 1.89 bits per heavy atom. The van der Waals surface area contributed by atoms with Crippen molar-refractivity contribution in [3.8, 4) is 0 Å². The Bertz CT molecular complexity index is 352. The zero-order valence-corrected chi connectivity index (χ0v) is 12.8. The maximum atomic E-state index is 5.47. The van der Waals surface area contributed by atoms with Crippen molar-refractivity contribution in [3.63, 3.8) is 0 Å². The first-order valence-electron chi connectivity index (χ1n) is 6.95. The van der Waals surface area contributed by atoms with E-state index >= 15 is 0 Å². The van der Waals surface area contributed by atoms with Gasteiger partial charge in [0, 0.05) is 38.1 Å². The molecular weight excluding hydrogens is 242 g/mol. The van der Waals surface area contributed by atoms with Gasteiger partial charge in [0.2, 0.25) is 0 Å². The summed E-state index contributed by atoms with van der Waals surface area (Å²) in [6.45, 7) is 13.1. The van der Waals surface area contributed by atoms with Crippen molar-refractivity contribution in [3.05, 3.63) is 18.0 Å². The lowest BCUT2D eigenvalue weighted by molar-refractivity contribution is -0.133. The van der Waals surface area contributed by atoms with Gasteiger partial charge >= 0.3 is 0 Å². The van der Waals surface area contributed by atoms with E-state index in [1.807, 2.05) is 24.7 Å². The van der Waals surface area contributed by atoms with Crippen molar-refractivity contribution in [2.24, 2.45) is 0 Å². The Balaban J connectivity index is 2.38. The Morgan fingerprint density at radius 1 is 1.26 bits per heavy atom. The highest BCUT2D eigenvalue weighted by molar-refractivity contribution is 5.04. The van der Waals surface area contributed by atoms with Crippen LogP contribution in [-0.4, -0.2) is 35.8 Å². The number of aromatic nitrogens is 2. The second-order valence-electron chi connectivity index (χ2n) is 5.44. The standard InChI is InChI=1S/C14H27N3O2/c1-6-18-13(19-7-2)10-15-8-12-9-16-17(11-12)14(3,4)5/h9,11,13,15H,6-8,10H2,1-5H3. The average molecular weight is 269 g/mol. The summed E-state index contributed by atoms with van der Waals surface area (Å²) >= 11 is 0. The van der Waals surface area contributed by atoms with Gasteiger partial charge in [-0.1, -0.05) is 0 Å². The van der Waals surface area contributed by atoms with Crippen LogP contribution in [0.1, 0.15) is 40.2 Å². The van der Waals surface area contributed by atoms with Crippen LogP contribution < -0.4 is 5.32 Å². The third kappa shape index (κ3) is 5.72. The quantitative estimate of drug-likeness (QED) is 0.734. The number of nitrogens with zero attached hydrogens (tertiary/aromatic N) is 2. The minimum atomic E-state index is -0.173. The summed E-state index contributed by atoms with van der Waals surface area (Å²) in [5.41, 5.74) is 1.19. The van der Waals surface area contributed by atoms with E-state index in [4.69, 9.17) is 9.47 Å². The van der Waals surface area contributed by atoms with Gasteiger partial charge in [0.15, 0.2) is 6.29 Å². The highest BCUT2D eigenvalue weighted by Crippen LogP contribution is 2.12. The molecule has 0 saturated heterocycles. The first-order chi connectivity index (χ1) is 8.97. The van der Waals surface area contributed by atoms with Gasteiger partial charge in [-0.25, -0.2) is 0 Å². The summed E-state index contributed by atoms with van der Waals surface area (Å²) in [6.07, 6.45) is 3.80. The molecule has 1 heterocycles. The Morgan fingerprint density at radius 3 is 2.37 bits per heavy atom. The van der Waals surface area contributed by atoms with Crippen molar-refractivity contribution in [1.29, 1.82) is 0 Å². The van der Waals surface area contributed by atoms with Crippen LogP contribution in [0.5, 0.6) is 0 Å². The summed E-state index contributed by atoms with van der Waals surface area (Å²) in [7, 11) is 0. The lowest BCUT2D eigenvalue weighted by Gasteiger charge is -2.19. The minimum Gasteiger partial charge on any atom is -0.352 e. The molecule has 0 radical (unpaired) electrons. The molecule has 0 atom stereocenters. The van der Waals surface area contributed by atoms with Gasteiger partial charge in [0.05, 0.1) is 11.7 Å². The van der Waals surface area contributed by atoms with E-state index in [0.717, 1.165) is 6.54 Å². The van der Waals surface area contributed by atoms with Gasteiger partial charge in [0.25, 0.3) is 0 Å². The normalized spacial score (nSPS) is 12.3. The first kappa shape index (κ1) is 16.1. The van der Waals surface area contributed by atoms with Gasteiger partial charge < -0.3 is 14.8 Å². The summed E-state index contributed by atoms with van der Waals surface area (Å²) in [5.74, 6) is 0. The molecule has 110 valence electrons. The highest BCUT2D eigenvalue weighted by atomic mass is 16.7. The van der Waals surface area contributed by atoms with Crippen LogP contribution in [0.3, 0.4) is 0 Å². The molecule has 1 rings (SSSR count). The molecule has 19 heavy (non-hydrogen) atoms. The summed E-state index contributed by atoms with van der Waals surface area (Å²) in [6, 6.07) is 0. The van der Waals surface area contributed by atoms with Gasteiger partial charge in [-0.3, -0.25) is 4.68 Å². The number of hydrogen-bond donors (Lipinski definition) is 1. The van der Waals surface area contributed by atoms with E-state index in [2.05, 4.69) is 37.4 Å². The van der Waals surface area contributed by atoms with Crippen LogP contribution in [0.15, 0.2) is 12.4 Å². The molecule has 0 aliphatic rings. The summed E-state index contributed by atoms with van der Waals surface area (Å²) in [5, 5.41) is 7.70. The fraction of sp³-hybridized carbons (Fsp3) is 0.786. The molecule has 5 heteroatoms. The Hall–Kier alpha value is -0.910. The maximum absolute atomic E-state index is 5.47. The van der Waals surface area contributed by atoms with E-state index in [9.17, 15) is 0 Å². The van der Waals surface area contributed by atoms with E-state index in [1.165, 1.54) is 5.56 Å². The minimum absolute atomic E-state index is 0.0252. The van der Waals surface area contributed by atoms with E-state index in [0.29, 0.717) is 19.8 Å². The van der Waals surface area contributed by atoms with Gasteiger partial charge in [-0.2, -0.15) is 5.10 Å². The smallest absolute Gasteiger partial charge is 0.169 e. The molecule has 0 aliphatic heterocycles. The molecular formula is C14H27N3O2. The van der Waals surface area contributed by atoms with Gasteiger partial charge in [-0.05, 0) is 34.6 Å². The lowest BCUT2D eigenvalue weighted by Crippen LogP contribution is -2.31. The van der Waals surface area contributed by atoms with E-state index in [-0.39, 0.29) is 11.8 Å². The number of rotatable bonds is 8. The van der Waals surface area contributed by atoms with E-state index in [1.54, 1.807) is 0 Å². The molecule has 0 bridgehead atoms. The zero-order valence-electron chi connectivity index (χ0n) is 12.8. The molecule has 0 aliphatic carbocycles. The van der Waals surface area contributed by atoms with Crippen molar-refractivity contribution in [2.75, 3.05) is 19.8 Å². The monoisotopic (exact) mass is 269 g/mol.